The fourth-order valence-corrected chi connectivity index (χ4v) is 1.28. The monoisotopic (exact) mass is 185 g/mol. The Bertz CT molecular complexity index is 232. The van der Waals surface area contributed by atoms with E-state index in [4.69, 9.17) is 14.2 Å². The first-order valence-electron chi connectivity index (χ1n) is 4.19. The van der Waals surface area contributed by atoms with Crippen LogP contribution in [-0.4, -0.2) is 43.9 Å². The Hall–Kier alpha value is -1.23. The van der Waals surface area contributed by atoms with E-state index in [2.05, 4.69) is 0 Å². The maximum Gasteiger partial charge on any atom is 0.292 e. The molecule has 1 fully saturated rings. The van der Waals surface area contributed by atoms with Crippen molar-refractivity contribution in [3.05, 3.63) is 12.0 Å². The number of hydrogen-bond donors (Lipinski definition) is 0. The van der Waals surface area contributed by atoms with Gasteiger partial charge >= 0.3 is 0 Å². The largest absolute Gasteiger partial charge is 0.461 e. The van der Waals surface area contributed by atoms with Crippen molar-refractivity contribution in [1.29, 1.82) is 0 Å². The molecule has 1 amide bonds. The summed E-state index contributed by atoms with van der Waals surface area (Å²) in [5, 5.41) is 0. The van der Waals surface area contributed by atoms with Gasteiger partial charge in [0.25, 0.3) is 5.91 Å². The van der Waals surface area contributed by atoms with E-state index in [1.165, 1.54) is 6.26 Å². The van der Waals surface area contributed by atoms with Crippen LogP contribution >= 0.6 is 0 Å². The molecule has 0 radical (unpaired) electrons. The number of rotatable bonds is 1. The first-order chi connectivity index (χ1) is 6.38. The van der Waals surface area contributed by atoms with Crippen molar-refractivity contribution in [2.45, 2.75) is 0 Å². The number of nitrogens with zero attached hydrogens (tertiary/aromatic N) is 1. The van der Waals surface area contributed by atoms with Gasteiger partial charge in [0.15, 0.2) is 0 Å². The second kappa shape index (κ2) is 3.66. The average molecular weight is 185 g/mol. The number of ether oxygens (including phenoxy) is 3. The molecule has 0 atom stereocenters. The molecule has 2 heterocycles. The van der Waals surface area contributed by atoms with Gasteiger partial charge < -0.3 is 19.1 Å². The molecule has 0 aromatic carbocycles. The van der Waals surface area contributed by atoms with E-state index in [1.54, 1.807) is 4.90 Å². The highest BCUT2D eigenvalue weighted by Gasteiger charge is 2.24. The van der Waals surface area contributed by atoms with E-state index in [0.29, 0.717) is 32.1 Å². The minimum atomic E-state index is -0.110. The minimum Gasteiger partial charge on any atom is -0.461 e. The SMILES string of the molecule is O=C(C1=COCO1)N1CCOCC1. The van der Waals surface area contributed by atoms with Crippen molar-refractivity contribution in [3.63, 3.8) is 0 Å². The predicted octanol–water partition coefficient (Wildman–Crippen LogP) is -0.309. The Morgan fingerprint density at radius 3 is 2.77 bits per heavy atom. The number of carbonyl (C=O) groups is 1. The van der Waals surface area contributed by atoms with Gasteiger partial charge in [-0.05, 0) is 0 Å². The molecule has 2 rings (SSSR count). The topological polar surface area (TPSA) is 48.0 Å². The molecule has 5 heteroatoms. The van der Waals surface area contributed by atoms with Crippen LogP contribution in [0.2, 0.25) is 0 Å². The van der Waals surface area contributed by atoms with Crippen LogP contribution in [0.3, 0.4) is 0 Å². The Kier molecular flexibility index (Phi) is 2.35. The third-order valence-electron chi connectivity index (χ3n) is 1.98. The second-order valence-electron chi connectivity index (χ2n) is 2.82. The van der Waals surface area contributed by atoms with Crippen molar-refractivity contribution in [1.82, 2.24) is 4.90 Å². The van der Waals surface area contributed by atoms with Gasteiger partial charge in [-0.2, -0.15) is 0 Å². The highest BCUT2D eigenvalue weighted by Crippen LogP contribution is 2.11. The summed E-state index contributed by atoms with van der Waals surface area (Å²) in [5.74, 6) is 0.183. The molecule has 0 N–H and O–H groups in total. The van der Waals surface area contributed by atoms with E-state index in [9.17, 15) is 4.79 Å². The van der Waals surface area contributed by atoms with Crippen LogP contribution in [0.1, 0.15) is 0 Å². The highest BCUT2D eigenvalue weighted by atomic mass is 16.7. The van der Waals surface area contributed by atoms with Crippen molar-refractivity contribution in [2.75, 3.05) is 33.1 Å². The molecule has 1 saturated heterocycles. The van der Waals surface area contributed by atoms with E-state index < -0.39 is 0 Å². The van der Waals surface area contributed by atoms with Crippen molar-refractivity contribution in [2.24, 2.45) is 0 Å². The van der Waals surface area contributed by atoms with Gasteiger partial charge in [-0.25, -0.2) is 0 Å². The van der Waals surface area contributed by atoms with Gasteiger partial charge in [-0.1, -0.05) is 0 Å². The molecule has 0 bridgehead atoms. The summed E-state index contributed by atoms with van der Waals surface area (Å²) < 4.78 is 14.9. The second-order valence-corrected chi connectivity index (χ2v) is 2.82. The smallest absolute Gasteiger partial charge is 0.292 e. The van der Waals surface area contributed by atoms with Crippen molar-refractivity contribution < 1.29 is 19.0 Å². The summed E-state index contributed by atoms with van der Waals surface area (Å²) in [7, 11) is 0. The van der Waals surface area contributed by atoms with E-state index in [1.807, 2.05) is 0 Å². The summed E-state index contributed by atoms with van der Waals surface area (Å²) in [5.41, 5.74) is 0. The number of amides is 1. The van der Waals surface area contributed by atoms with E-state index in [-0.39, 0.29) is 12.7 Å². The van der Waals surface area contributed by atoms with Crippen LogP contribution in [0.5, 0.6) is 0 Å². The standard InChI is InChI=1S/C8H11NO4/c10-8(7-5-12-6-13-7)9-1-3-11-4-2-9/h5H,1-4,6H2. The van der Waals surface area contributed by atoms with E-state index >= 15 is 0 Å². The van der Waals surface area contributed by atoms with E-state index in [0.717, 1.165) is 0 Å². The molecular weight excluding hydrogens is 174 g/mol. The average Bonchev–Trinajstić information content (AvgIpc) is 2.71. The fraction of sp³-hybridized carbons (Fsp3) is 0.625. The van der Waals surface area contributed by atoms with Gasteiger partial charge in [-0.15, -0.1) is 0 Å². The zero-order valence-electron chi connectivity index (χ0n) is 7.19. The summed E-state index contributed by atoms with van der Waals surface area (Å²) >= 11 is 0. The molecule has 0 aliphatic carbocycles. The molecule has 0 aromatic rings. The van der Waals surface area contributed by atoms with Gasteiger partial charge in [0.2, 0.25) is 12.6 Å². The maximum atomic E-state index is 11.6. The third kappa shape index (κ3) is 1.75. The van der Waals surface area contributed by atoms with Crippen LogP contribution in [-0.2, 0) is 19.0 Å². The van der Waals surface area contributed by atoms with Crippen LogP contribution in [0, 0.1) is 0 Å². The van der Waals surface area contributed by atoms with Crippen LogP contribution in [0.25, 0.3) is 0 Å². The fourth-order valence-electron chi connectivity index (χ4n) is 1.28. The van der Waals surface area contributed by atoms with Crippen LogP contribution in [0.15, 0.2) is 12.0 Å². The zero-order chi connectivity index (χ0) is 9.10. The van der Waals surface area contributed by atoms with Crippen LogP contribution < -0.4 is 0 Å². The number of carbonyl (C=O) groups excluding carboxylic acids is 1. The lowest BCUT2D eigenvalue weighted by Crippen LogP contribution is -2.41. The lowest BCUT2D eigenvalue weighted by atomic mass is 10.3. The first-order valence-corrected chi connectivity index (χ1v) is 4.19. The number of morpholine rings is 1. The molecule has 0 saturated carbocycles. The molecule has 0 spiro atoms. The van der Waals surface area contributed by atoms with Gasteiger partial charge in [-0.3, -0.25) is 4.79 Å². The molecule has 0 aromatic heterocycles. The quantitative estimate of drug-likeness (QED) is 0.562. The first kappa shape index (κ1) is 8.37. The summed E-state index contributed by atoms with van der Waals surface area (Å²) in [6.07, 6.45) is 1.36. The van der Waals surface area contributed by atoms with Gasteiger partial charge in [0, 0.05) is 13.1 Å². The molecule has 2 aliphatic rings. The molecule has 72 valence electrons. The number of hydrogen-bond acceptors (Lipinski definition) is 4. The normalized spacial score (nSPS) is 21.8. The maximum absolute atomic E-state index is 11.6. The molecular formula is C8H11NO4. The summed E-state index contributed by atoms with van der Waals surface area (Å²) in [6, 6.07) is 0. The zero-order valence-corrected chi connectivity index (χ0v) is 7.19. The summed E-state index contributed by atoms with van der Waals surface area (Å²) in [6.45, 7) is 2.59. The molecule has 2 aliphatic heterocycles. The Labute approximate surface area is 75.9 Å². The Balaban J connectivity index is 1.94. The lowest BCUT2D eigenvalue weighted by Gasteiger charge is -2.26. The highest BCUT2D eigenvalue weighted by molar-refractivity contribution is 5.91. The Morgan fingerprint density at radius 2 is 2.15 bits per heavy atom. The van der Waals surface area contributed by atoms with Gasteiger partial charge in [0.05, 0.1) is 13.2 Å². The van der Waals surface area contributed by atoms with Crippen molar-refractivity contribution >= 4 is 5.91 Å². The Morgan fingerprint density at radius 1 is 1.38 bits per heavy atom. The minimum absolute atomic E-state index is 0.110. The molecule has 5 nitrogen and oxygen atoms in total. The van der Waals surface area contributed by atoms with Gasteiger partial charge in [0.1, 0.15) is 6.26 Å². The third-order valence-corrected chi connectivity index (χ3v) is 1.98. The summed E-state index contributed by atoms with van der Waals surface area (Å²) in [4.78, 5) is 13.3. The van der Waals surface area contributed by atoms with Crippen molar-refractivity contribution in [3.8, 4) is 0 Å². The predicted molar refractivity (Wildman–Crippen MR) is 42.5 cm³/mol. The van der Waals surface area contributed by atoms with Crippen LogP contribution in [0.4, 0.5) is 0 Å². The lowest BCUT2D eigenvalue weighted by molar-refractivity contribution is -0.134. The molecule has 0 unspecified atom stereocenters. The molecule has 13 heavy (non-hydrogen) atoms.